The van der Waals surface area contributed by atoms with Crippen LogP contribution in [0.3, 0.4) is 0 Å². The molecule has 0 aromatic heterocycles. The summed E-state index contributed by atoms with van der Waals surface area (Å²) in [6.07, 6.45) is 0.545. The van der Waals surface area contributed by atoms with Gasteiger partial charge in [0, 0.05) is 5.57 Å². The predicted molar refractivity (Wildman–Crippen MR) is 66.8 cm³/mol. The van der Waals surface area contributed by atoms with E-state index >= 15 is 0 Å². The zero-order valence-electron chi connectivity index (χ0n) is 11.1. The highest BCUT2D eigenvalue weighted by Gasteiger charge is 2.28. The van der Waals surface area contributed by atoms with Crippen molar-refractivity contribution >= 4 is 5.97 Å². The summed E-state index contributed by atoms with van der Waals surface area (Å²) in [5.41, 5.74) is -0.420. The minimum absolute atomic E-state index is 0.0161. The first kappa shape index (κ1) is 19.4. The van der Waals surface area contributed by atoms with Gasteiger partial charge in [0.25, 0.3) is 0 Å². The van der Waals surface area contributed by atoms with Gasteiger partial charge in [-0.2, -0.15) is 0 Å². The Bertz CT molecular complexity index is 224. The lowest BCUT2D eigenvalue weighted by Gasteiger charge is -2.27. The van der Waals surface area contributed by atoms with E-state index in [4.69, 9.17) is 25.2 Å². The molecule has 0 aliphatic rings. The first-order valence-corrected chi connectivity index (χ1v) is 5.69. The van der Waals surface area contributed by atoms with Gasteiger partial charge in [-0.05, 0) is 13.3 Å². The Labute approximate surface area is 108 Å². The van der Waals surface area contributed by atoms with Crippen molar-refractivity contribution < 1.29 is 30.0 Å². The Balaban J connectivity index is 0. The van der Waals surface area contributed by atoms with Crippen molar-refractivity contribution in [1.82, 2.24) is 0 Å². The number of rotatable bonds is 7. The molecule has 0 atom stereocenters. The summed E-state index contributed by atoms with van der Waals surface area (Å²) in [4.78, 5) is 11.1. The normalized spacial score (nSPS) is 10.3. The van der Waals surface area contributed by atoms with Crippen molar-refractivity contribution in [3.05, 3.63) is 12.2 Å². The molecule has 0 aliphatic carbocycles. The van der Waals surface area contributed by atoms with Crippen LogP contribution in [-0.2, 0) is 9.53 Å². The average Bonchev–Trinajstić information content (AvgIpc) is 2.40. The van der Waals surface area contributed by atoms with Crippen LogP contribution in [0.2, 0.25) is 0 Å². The summed E-state index contributed by atoms with van der Waals surface area (Å²) in [5.74, 6) is -0.496. The number of esters is 1. The van der Waals surface area contributed by atoms with Crippen molar-refractivity contribution in [2.24, 2.45) is 5.41 Å². The molecule has 0 aromatic rings. The van der Waals surface area contributed by atoms with Crippen LogP contribution < -0.4 is 0 Å². The summed E-state index contributed by atoms with van der Waals surface area (Å²) in [6.45, 7) is 6.16. The van der Waals surface area contributed by atoms with E-state index < -0.39 is 11.4 Å². The van der Waals surface area contributed by atoms with Gasteiger partial charge in [-0.3, -0.25) is 0 Å². The molecule has 0 rings (SSSR count). The number of carbonyl (C=O) groups is 1. The summed E-state index contributed by atoms with van der Waals surface area (Å²) >= 11 is 0. The highest BCUT2D eigenvalue weighted by atomic mass is 16.5. The van der Waals surface area contributed by atoms with E-state index in [0.717, 1.165) is 0 Å². The lowest BCUT2D eigenvalue weighted by Crippen LogP contribution is -2.35. The van der Waals surface area contributed by atoms with Crippen molar-refractivity contribution in [3.8, 4) is 0 Å². The molecule has 0 spiro atoms. The number of aliphatic hydroxyl groups excluding tert-OH is 4. The highest BCUT2D eigenvalue weighted by Crippen LogP contribution is 2.21. The summed E-state index contributed by atoms with van der Waals surface area (Å²) in [5, 5.41) is 33.4. The SMILES string of the molecule is C=C(C)C(=O)OCC(CC)(CO)CO.OCCO. The first-order chi connectivity index (χ1) is 8.42. The number of carbonyl (C=O) groups excluding carboxylic acids is 1. The first-order valence-electron chi connectivity index (χ1n) is 5.69. The summed E-state index contributed by atoms with van der Waals surface area (Å²) in [6, 6.07) is 0. The van der Waals surface area contributed by atoms with Crippen molar-refractivity contribution in [1.29, 1.82) is 0 Å². The molecule has 0 fully saturated rings. The van der Waals surface area contributed by atoms with E-state index in [1.54, 1.807) is 6.92 Å². The largest absolute Gasteiger partial charge is 0.462 e. The Kier molecular flexibility index (Phi) is 12.0. The van der Waals surface area contributed by atoms with Gasteiger partial charge < -0.3 is 25.2 Å². The van der Waals surface area contributed by atoms with E-state index in [-0.39, 0.29) is 33.0 Å². The minimum atomic E-state index is -0.731. The second kappa shape index (κ2) is 11.2. The van der Waals surface area contributed by atoms with Crippen LogP contribution in [0.15, 0.2) is 12.2 Å². The molecular formula is C12H24O6. The van der Waals surface area contributed by atoms with E-state index in [9.17, 15) is 4.79 Å². The van der Waals surface area contributed by atoms with E-state index in [2.05, 4.69) is 6.58 Å². The molecule has 0 bridgehead atoms. The topological polar surface area (TPSA) is 107 Å². The van der Waals surface area contributed by atoms with Crippen LogP contribution in [0.5, 0.6) is 0 Å². The predicted octanol–water partition coefficient (Wildman–Crippen LogP) is -0.542. The number of aliphatic hydroxyl groups is 4. The second-order valence-electron chi connectivity index (χ2n) is 3.97. The minimum Gasteiger partial charge on any atom is -0.462 e. The number of ether oxygens (including phenoxy) is 1. The molecule has 0 amide bonds. The standard InChI is InChI=1S/C10H18O4.C2H6O2/c1-4-10(5-11,6-12)7-14-9(13)8(2)3;3-1-2-4/h11-12H,2,4-7H2,1,3H3;3-4H,1-2H2. The Morgan fingerprint density at radius 2 is 1.61 bits per heavy atom. The quantitative estimate of drug-likeness (QED) is 0.363. The van der Waals surface area contributed by atoms with E-state index in [0.29, 0.717) is 12.0 Å². The molecule has 6 heteroatoms. The zero-order chi connectivity index (χ0) is 14.6. The maximum Gasteiger partial charge on any atom is 0.333 e. The monoisotopic (exact) mass is 264 g/mol. The molecule has 0 saturated carbocycles. The lowest BCUT2D eigenvalue weighted by atomic mass is 9.88. The molecule has 0 aromatic carbocycles. The molecule has 18 heavy (non-hydrogen) atoms. The number of hydrogen-bond donors (Lipinski definition) is 4. The van der Waals surface area contributed by atoms with Crippen molar-refractivity contribution in [2.45, 2.75) is 20.3 Å². The summed E-state index contributed by atoms with van der Waals surface area (Å²) in [7, 11) is 0. The maximum absolute atomic E-state index is 11.1. The van der Waals surface area contributed by atoms with Gasteiger partial charge in [-0.1, -0.05) is 13.5 Å². The molecule has 6 nitrogen and oxygen atoms in total. The lowest BCUT2D eigenvalue weighted by molar-refractivity contribution is -0.145. The zero-order valence-corrected chi connectivity index (χ0v) is 11.1. The second-order valence-corrected chi connectivity index (χ2v) is 3.97. The van der Waals surface area contributed by atoms with Gasteiger partial charge in [0.1, 0.15) is 6.61 Å². The van der Waals surface area contributed by atoms with Crippen molar-refractivity contribution in [3.63, 3.8) is 0 Å². The van der Waals surface area contributed by atoms with Crippen LogP contribution in [0.4, 0.5) is 0 Å². The highest BCUT2D eigenvalue weighted by molar-refractivity contribution is 5.86. The molecule has 108 valence electrons. The molecule has 4 N–H and O–H groups in total. The average molecular weight is 264 g/mol. The van der Waals surface area contributed by atoms with Gasteiger partial charge in [0.15, 0.2) is 0 Å². The fourth-order valence-electron chi connectivity index (χ4n) is 0.809. The molecule has 0 aliphatic heterocycles. The molecule has 0 saturated heterocycles. The molecular weight excluding hydrogens is 240 g/mol. The van der Waals surface area contributed by atoms with Crippen LogP contribution >= 0.6 is 0 Å². The van der Waals surface area contributed by atoms with Crippen LogP contribution in [-0.4, -0.2) is 59.4 Å². The van der Waals surface area contributed by atoms with Gasteiger partial charge in [-0.15, -0.1) is 0 Å². The molecule has 0 radical (unpaired) electrons. The fourth-order valence-corrected chi connectivity index (χ4v) is 0.809. The van der Waals surface area contributed by atoms with Crippen LogP contribution in [0, 0.1) is 5.41 Å². The van der Waals surface area contributed by atoms with Crippen LogP contribution in [0.25, 0.3) is 0 Å². The molecule has 0 unspecified atom stereocenters. The maximum atomic E-state index is 11.1. The van der Waals surface area contributed by atoms with Gasteiger partial charge in [0.05, 0.1) is 31.8 Å². The van der Waals surface area contributed by atoms with Crippen LogP contribution in [0.1, 0.15) is 20.3 Å². The smallest absolute Gasteiger partial charge is 0.333 e. The third-order valence-corrected chi connectivity index (χ3v) is 2.38. The molecule has 0 heterocycles. The third-order valence-electron chi connectivity index (χ3n) is 2.38. The number of hydrogen-bond acceptors (Lipinski definition) is 6. The third kappa shape index (κ3) is 8.19. The van der Waals surface area contributed by atoms with Gasteiger partial charge >= 0.3 is 5.97 Å². The van der Waals surface area contributed by atoms with E-state index in [1.807, 2.05) is 6.92 Å². The van der Waals surface area contributed by atoms with Gasteiger partial charge in [-0.25, -0.2) is 4.79 Å². The Morgan fingerprint density at radius 1 is 1.17 bits per heavy atom. The van der Waals surface area contributed by atoms with E-state index in [1.165, 1.54) is 0 Å². The fraction of sp³-hybridized carbons (Fsp3) is 0.750. The van der Waals surface area contributed by atoms with Crippen molar-refractivity contribution in [2.75, 3.05) is 33.0 Å². The Hall–Kier alpha value is -0.950. The van der Waals surface area contributed by atoms with Gasteiger partial charge in [0.2, 0.25) is 0 Å². The Morgan fingerprint density at radius 3 is 1.83 bits per heavy atom. The summed E-state index contributed by atoms with van der Waals surface area (Å²) < 4.78 is 4.88.